The zero-order chi connectivity index (χ0) is 51.9. The molecule has 0 atom stereocenters. The number of carbonyl (C=O) groups is 2. The lowest BCUT2D eigenvalue weighted by Gasteiger charge is -2.24. The molecule has 2 aliphatic heterocycles. The number of aromatic nitrogens is 1. The quantitative estimate of drug-likeness (QED) is 0.0393. The largest absolute Gasteiger partial charge is 0.337 e. The van der Waals surface area contributed by atoms with Gasteiger partial charge in [-0.2, -0.15) is 0 Å². The molecular formula is C66H95N3O2S2. The van der Waals surface area contributed by atoms with Crippen molar-refractivity contribution in [1.29, 1.82) is 0 Å². The van der Waals surface area contributed by atoms with Gasteiger partial charge in [-0.05, 0) is 84.5 Å². The van der Waals surface area contributed by atoms with Gasteiger partial charge in [0.05, 0.1) is 37.8 Å². The maximum atomic E-state index is 15.3. The van der Waals surface area contributed by atoms with Crippen molar-refractivity contribution in [2.45, 2.75) is 247 Å². The van der Waals surface area contributed by atoms with Gasteiger partial charge in [0.25, 0.3) is 11.8 Å². The molecule has 7 rings (SSSR count). The van der Waals surface area contributed by atoms with Crippen LogP contribution in [0, 0.1) is 0 Å². The first-order valence-electron chi connectivity index (χ1n) is 29.8. The highest BCUT2D eigenvalue weighted by Gasteiger charge is 2.49. The van der Waals surface area contributed by atoms with Gasteiger partial charge in [0.15, 0.2) is 0 Å². The van der Waals surface area contributed by atoms with Gasteiger partial charge in [0.1, 0.15) is 0 Å². The number of amides is 2. The summed E-state index contributed by atoms with van der Waals surface area (Å²) in [4.78, 5) is 39.1. The topological polar surface area (TPSA) is 45.6 Å². The van der Waals surface area contributed by atoms with Gasteiger partial charge in [0.2, 0.25) is 0 Å². The third-order valence-electron chi connectivity index (χ3n) is 16.0. The van der Waals surface area contributed by atoms with E-state index in [2.05, 4.69) is 128 Å². The molecule has 5 heterocycles. The third-order valence-corrected chi connectivity index (χ3v) is 18.7. The highest BCUT2D eigenvalue weighted by atomic mass is 32.1. The Kier molecular flexibility index (Phi) is 21.6. The summed E-state index contributed by atoms with van der Waals surface area (Å²) < 4.78 is 2.78. The van der Waals surface area contributed by atoms with E-state index in [0.717, 1.165) is 46.8 Å². The molecule has 5 aromatic rings. The number of nitrogens with zero attached hydrogens (tertiary/aromatic N) is 3. The molecule has 398 valence electrons. The first-order valence-corrected chi connectivity index (χ1v) is 31.5. The molecule has 0 saturated carbocycles. The molecule has 2 amide bonds. The summed E-state index contributed by atoms with van der Waals surface area (Å²) in [6.45, 7) is 21.8. The predicted octanol–water partition coefficient (Wildman–Crippen LogP) is 20.6. The third kappa shape index (κ3) is 13.9. The van der Waals surface area contributed by atoms with Crippen LogP contribution in [0.5, 0.6) is 0 Å². The minimum Gasteiger partial charge on any atom is -0.337 e. The van der Waals surface area contributed by atoms with Crippen LogP contribution < -0.4 is 0 Å². The van der Waals surface area contributed by atoms with Crippen LogP contribution in [0.2, 0.25) is 0 Å². The maximum Gasteiger partial charge on any atom is 0.261 e. The summed E-state index contributed by atoms with van der Waals surface area (Å²) in [7, 11) is 0. The zero-order valence-electron chi connectivity index (χ0n) is 47.2. The van der Waals surface area contributed by atoms with Crippen molar-refractivity contribution in [1.82, 2.24) is 14.4 Å². The van der Waals surface area contributed by atoms with E-state index in [-0.39, 0.29) is 17.2 Å². The summed E-state index contributed by atoms with van der Waals surface area (Å²) in [5.41, 5.74) is 8.23. The van der Waals surface area contributed by atoms with Gasteiger partial charge in [-0.3, -0.25) is 9.59 Å². The Morgan fingerprint density at radius 2 is 0.890 bits per heavy atom. The first-order chi connectivity index (χ1) is 35.4. The van der Waals surface area contributed by atoms with Crippen LogP contribution in [0.15, 0.2) is 71.8 Å². The lowest BCUT2D eigenvalue weighted by atomic mass is 9.95. The molecule has 0 aliphatic carbocycles. The van der Waals surface area contributed by atoms with Gasteiger partial charge in [-0.15, -0.1) is 22.7 Å². The van der Waals surface area contributed by atoms with E-state index < -0.39 is 0 Å². The second-order valence-electron chi connectivity index (χ2n) is 23.3. The molecule has 0 saturated heterocycles. The average molecular weight is 1030 g/mol. The second kappa shape index (κ2) is 27.7. The van der Waals surface area contributed by atoms with Crippen molar-refractivity contribution in [2.24, 2.45) is 0 Å². The number of unbranched alkanes of at least 4 members (excludes halogenated alkanes) is 20. The highest BCUT2D eigenvalue weighted by molar-refractivity contribution is 7.16. The van der Waals surface area contributed by atoms with Gasteiger partial charge in [-0.25, -0.2) is 0 Å². The molecule has 0 radical (unpaired) electrons. The summed E-state index contributed by atoms with van der Waals surface area (Å²) in [6.07, 6.45) is 31.9. The molecule has 3 aromatic heterocycles. The minimum atomic E-state index is -0.0291. The van der Waals surface area contributed by atoms with Crippen LogP contribution in [0.4, 0.5) is 0 Å². The molecule has 0 bridgehead atoms. The molecular weight excluding hydrogens is 931 g/mol. The van der Waals surface area contributed by atoms with E-state index in [1.807, 2.05) is 9.80 Å². The molecule has 73 heavy (non-hydrogen) atoms. The Bertz CT molecular complexity index is 2610. The zero-order valence-corrected chi connectivity index (χ0v) is 48.8. The van der Waals surface area contributed by atoms with Crippen molar-refractivity contribution in [3.63, 3.8) is 0 Å². The van der Waals surface area contributed by atoms with Crippen molar-refractivity contribution >= 4 is 67.7 Å². The molecule has 0 N–H and O–H groups in total. The van der Waals surface area contributed by atoms with E-state index in [9.17, 15) is 0 Å². The van der Waals surface area contributed by atoms with Crippen LogP contribution >= 0.6 is 22.7 Å². The first kappa shape index (κ1) is 56.8. The van der Waals surface area contributed by atoms with E-state index in [0.29, 0.717) is 36.2 Å². The van der Waals surface area contributed by atoms with Crippen LogP contribution in [0.25, 0.3) is 43.6 Å². The molecule has 7 heteroatoms. The van der Waals surface area contributed by atoms with Gasteiger partial charge in [-0.1, -0.05) is 228 Å². The monoisotopic (exact) mass is 1030 g/mol. The fourth-order valence-corrected chi connectivity index (χ4v) is 13.8. The SMILES string of the molecule is CCCCCCCCC(CCCCCCCC)n1c2cc(-c3ccc(C4=C5C(=O)N(CCCCCCCC)C(c6ccc(C(C)(C)C)s6)=C5C(=O)N4CCCCCCCC)s3)ccc2c2ccc(C(C)C)cc21. The second-order valence-corrected chi connectivity index (χ2v) is 25.4. The van der Waals surface area contributed by atoms with E-state index in [1.165, 1.54) is 184 Å². The molecule has 5 nitrogen and oxygen atoms in total. The number of fused-ring (bicyclic) bond motifs is 4. The number of hydrogen-bond acceptors (Lipinski definition) is 4. The Hall–Kier alpha value is -3.94. The minimum absolute atomic E-state index is 0.00138. The number of hydrogen-bond donors (Lipinski definition) is 0. The maximum absolute atomic E-state index is 15.3. The Morgan fingerprint density at radius 1 is 0.466 bits per heavy atom. The molecule has 0 unspecified atom stereocenters. The van der Waals surface area contributed by atoms with Crippen molar-refractivity contribution in [2.75, 3.05) is 13.1 Å². The lowest BCUT2D eigenvalue weighted by molar-refractivity contribution is -0.124. The summed E-state index contributed by atoms with van der Waals surface area (Å²) in [6, 6.07) is 23.8. The standard InChI is InChI=1S/C66H95N3O2S2/c1-10-14-18-22-26-30-34-51(35-31-27-23-19-15-11-2)69-54-46-49(48(5)6)36-38-52(54)53-39-37-50(47-55(53)69)56-40-41-57(72-56)62-60-61(65(71)67(62)44-32-28-24-20-16-12-3)63(58-42-43-59(73-58)66(7,8)9)68(64(60)70)45-33-29-25-21-17-13-4/h36-43,46-48,51H,10-35,44-45H2,1-9H3. The highest BCUT2D eigenvalue weighted by Crippen LogP contribution is 2.50. The number of thiophene rings is 2. The fourth-order valence-electron chi connectivity index (χ4n) is 11.6. The van der Waals surface area contributed by atoms with E-state index in [4.69, 9.17) is 0 Å². The summed E-state index contributed by atoms with van der Waals surface area (Å²) in [5, 5.41) is 2.70. The normalized spacial score (nSPS) is 14.4. The molecule has 2 aromatic carbocycles. The van der Waals surface area contributed by atoms with Gasteiger partial charge in [0, 0.05) is 45.2 Å². The lowest BCUT2D eigenvalue weighted by Crippen LogP contribution is -2.30. The van der Waals surface area contributed by atoms with Crippen LogP contribution in [-0.4, -0.2) is 39.3 Å². The van der Waals surface area contributed by atoms with Crippen molar-refractivity contribution in [3.05, 3.63) is 92.0 Å². The van der Waals surface area contributed by atoms with Gasteiger partial charge >= 0.3 is 0 Å². The Labute approximate surface area is 451 Å². The van der Waals surface area contributed by atoms with Crippen LogP contribution in [0.3, 0.4) is 0 Å². The smallest absolute Gasteiger partial charge is 0.261 e. The van der Waals surface area contributed by atoms with Gasteiger partial charge < -0.3 is 14.4 Å². The summed E-state index contributed by atoms with van der Waals surface area (Å²) in [5.74, 6) is 0.458. The van der Waals surface area contributed by atoms with Crippen LogP contribution in [0.1, 0.15) is 261 Å². The van der Waals surface area contributed by atoms with E-state index in [1.54, 1.807) is 22.7 Å². The Morgan fingerprint density at radius 3 is 1.37 bits per heavy atom. The Balaban J connectivity index is 1.31. The number of rotatable bonds is 33. The predicted molar refractivity (Wildman–Crippen MR) is 319 cm³/mol. The summed E-state index contributed by atoms with van der Waals surface area (Å²) >= 11 is 3.51. The number of carbonyl (C=O) groups excluding carboxylic acids is 2. The number of benzene rings is 2. The average Bonchev–Trinajstić information content (AvgIpc) is 4.22. The fraction of sp³-hybridized carbons (Fsp3) is 0.606. The van der Waals surface area contributed by atoms with Crippen molar-refractivity contribution < 1.29 is 9.59 Å². The molecule has 2 aliphatic rings. The van der Waals surface area contributed by atoms with Crippen molar-refractivity contribution in [3.8, 4) is 10.4 Å². The molecule has 0 fully saturated rings. The molecule has 0 spiro atoms. The van der Waals surface area contributed by atoms with E-state index >= 15 is 9.59 Å². The van der Waals surface area contributed by atoms with Crippen LogP contribution in [-0.2, 0) is 15.0 Å².